The highest BCUT2D eigenvalue weighted by Gasteiger charge is 2.29. The second-order valence-corrected chi connectivity index (χ2v) is 39.9. The average Bonchev–Trinajstić information content (AvgIpc) is 2.95. The van der Waals surface area contributed by atoms with E-state index in [1.165, 1.54) is 18.5 Å². The van der Waals surface area contributed by atoms with Crippen LogP contribution in [0.4, 0.5) is 0 Å². The Bertz CT molecular complexity index is 672. The molecule has 0 fully saturated rings. The molecule has 2 atom stereocenters. The maximum absolute atomic E-state index is 9.46. The maximum Gasteiger partial charge on any atom is 0.188 e. The van der Waals surface area contributed by atoms with E-state index in [2.05, 4.69) is 85.9 Å². The molecule has 0 amide bonds. The van der Waals surface area contributed by atoms with Crippen molar-refractivity contribution in [1.82, 2.24) is 0 Å². The van der Waals surface area contributed by atoms with Gasteiger partial charge in [-0.1, -0.05) is 66.5 Å². The standard InChI is InChI=1S/C17H42O4Si3.C13H32O2Si2.C4H10O.CH4/c1-9-17(18)15-19-11-10-13-23(5,6)20-12-14-24(7,8)21-16-22(2,3)4;1-7-10-14-11-9-12-17(6,8-2)13-15-16(3,4)5;1-3-5-4-2;/h17-18H,9-16H2,1-8H3;7-13H2,1-6H3;3-4H2,1-2H3;1H4. The lowest BCUT2D eigenvalue weighted by atomic mass is 10.3. The zero-order chi connectivity index (χ0) is 36.3. The van der Waals surface area contributed by atoms with Crippen LogP contribution in [0.2, 0.25) is 96.2 Å². The van der Waals surface area contributed by atoms with Crippen LogP contribution >= 0.6 is 0 Å². The number of hydrogen-bond acceptors (Lipinski definition) is 7. The molecule has 0 aromatic rings. The highest BCUT2D eigenvalue weighted by molar-refractivity contribution is 6.80. The molecule has 0 radical (unpaired) electrons. The molecule has 0 aliphatic heterocycles. The van der Waals surface area contributed by atoms with Gasteiger partial charge in [0, 0.05) is 52.1 Å². The van der Waals surface area contributed by atoms with Crippen molar-refractivity contribution in [2.45, 2.75) is 170 Å². The van der Waals surface area contributed by atoms with E-state index >= 15 is 0 Å². The molecular weight excluding hydrogens is 673 g/mol. The molecule has 290 valence electrons. The van der Waals surface area contributed by atoms with Gasteiger partial charge in [0.25, 0.3) is 0 Å². The van der Waals surface area contributed by atoms with Crippen LogP contribution in [0.5, 0.6) is 0 Å². The lowest BCUT2D eigenvalue weighted by Gasteiger charge is -2.29. The van der Waals surface area contributed by atoms with Gasteiger partial charge in [0.2, 0.25) is 0 Å². The highest BCUT2D eigenvalue weighted by Crippen LogP contribution is 2.21. The Hall–Kier alpha value is 0.804. The molecule has 0 bridgehead atoms. The third-order valence-electron chi connectivity index (χ3n) is 7.47. The molecule has 1 N–H and O–H groups in total. The summed E-state index contributed by atoms with van der Waals surface area (Å²) >= 11 is 0. The quantitative estimate of drug-likeness (QED) is 0.0695. The van der Waals surface area contributed by atoms with E-state index in [0.29, 0.717) is 6.61 Å². The molecule has 7 nitrogen and oxygen atoms in total. The van der Waals surface area contributed by atoms with Gasteiger partial charge in [0.05, 0.1) is 28.9 Å². The topological polar surface area (TPSA) is 75.6 Å². The van der Waals surface area contributed by atoms with E-state index in [0.717, 1.165) is 83.5 Å². The molecule has 0 saturated heterocycles. The molecule has 0 aliphatic rings. The second kappa shape index (κ2) is 30.4. The molecule has 0 aromatic carbocycles. The fourth-order valence-electron chi connectivity index (χ4n) is 3.86. The van der Waals surface area contributed by atoms with Crippen LogP contribution in [0.15, 0.2) is 0 Å². The lowest BCUT2D eigenvalue weighted by molar-refractivity contribution is 0.0350. The fraction of sp³-hybridized carbons (Fsp3) is 1.00. The van der Waals surface area contributed by atoms with Gasteiger partial charge in [-0.25, -0.2) is 0 Å². The summed E-state index contributed by atoms with van der Waals surface area (Å²) in [5.41, 5.74) is 0. The first-order valence-electron chi connectivity index (χ1n) is 18.4. The van der Waals surface area contributed by atoms with E-state index in [1.54, 1.807) is 0 Å². The van der Waals surface area contributed by atoms with Crippen molar-refractivity contribution in [3.8, 4) is 0 Å². The van der Waals surface area contributed by atoms with Crippen LogP contribution < -0.4 is 0 Å². The smallest absolute Gasteiger partial charge is 0.188 e. The first-order valence-corrected chi connectivity index (χ1v) is 34.9. The molecule has 0 heterocycles. The predicted octanol–water partition coefficient (Wildman–Crippen LogP) is 10.5. The summed E-state index contributed by atoms with van der Waals surface area (Å²) in [5.74, 6) is 0. The van der Waals surface area contributed by atoms with Crippen molar-refractivity contribution < 1.29 is 32.6 Å². The van der Waals surface area contributed by atoms with Crippen LogP contribution in [0, 0.1) is 0 Å². The number of aliphatic hydroxyl groups excluding tert-OH is 1. The first kappa shape index (κ1) is 54.6. The van der Waals surface area contributed by atoms with Crippen molar-refractivity contribution in [3.63, 3.8) is 0 Å². The zero-order valence-electron chi connectivity index (χ0n) is 34.0. The van der Waals surface area contributed by atoms with E-state index in [1.807, 2.05) is 20.8 Å². The second-order valence-electron chi connectivity index (χ2n) is 16.3. The Labute approximate surface area is 301 Å². The summed E-state index contributed by atoms with van der Waals surface area (Å²) < 4.78 is 34.5. The van der Waals surface area contributed by atoms with Crippen molar-refractivity contribution in [3.05, 3.63) is 0 Å². The SMILES string of the molecule is C.CCC(O)COCCC[Si](C)(C)OCC[Si](C)(C)OC[Si](C)(C)C.CCCOCCC[Si](C)(CC)CO[Si](C)(C)C.CCOCC. The minimum absolute atomic E-state index is 0. The third-order valence-corrected chi connectivity index (χ3v) is 19.1. The molecule has 0 aromatic heterocycles. The maximum atomic E-state index is 9.46. The number of hydrogen-bond donors (Lipinski definition) is 1. The van der Waals surface area contributed by atoms with Crippen LogP contribution in [0.25, 0.3) is 0 Å². The van der Waals surface area contributed by atoms with E-state index < -0.39 is 41.1 Å². The predicted molar refractivity (Wildman–Crippen MR) is 222 cm³/mol. The van der Waals surface area contributed by atoms with E-state index in [4.69, 9.17) is 27.5 Å². The van der Waals surface area contributed by atoms with Crippen LogP contribution in [-0.2, 0) is 27.5 Å². The Morgan fingerprint density at radius 1 is 0.553 bits per heavy atom. The van der Waals surface area contributed by atoms with Gasteiger partial charge in [-0.15, -0.1) is 0 Å². The Morgan fingerprint density at radius 2 is 1.09 bits per heavy atom. The molecule has 0 spiro atoms. The molecule has 12 heteroatoms. The number of aliphatic hydroxyl groups is 1. The number of ether oxygens (including phenoxy) is 3. The summed E-state index contributed by atoms with van der Waals surface area (Å²) in [7, 11) is -6.84. The summed E-state index contributed by atoms with van der Waals surface area (Å²) in [6.45, 7) is 41.5. The Morgan fingerprint density at radius 3 is 1.53 bits per heavy atom. The number of rotatable bonds is 26. The van der Waals surface area contributed by atoms with Gasteiger partial charge in [-0.2, -0.15) is 0 Å². The third kappa shape index (κ3) is 42.9. The molecule has 2 unspecified atom stereocenters. The van der Waals surface area contributed by atoms with E-state index in [9.17, 15) is 5.11 Å². The van der Waals surface area contributed by atoms with Crippen molar-refractivity contribution in [1.29, 1.82) is 0 Å². The molecular formula is C35H88O7Si5. The minimum atomic E-state index is -1.62. The highest BCUT2D eigenvalue weighted by atomic mass is 28.4. The monoisotopic (exact) mass is 761 g/mol. The summed E-state index contributed by atoms with van der Waals surface area (Å²) in [5, 5.41) is 9.46. The fourth-order valence-corrected chi connectivity index (χ4v) is 14.7. The van der Waals surface area contributed by atoms with Gasteiger partial charge in [-0.3, -0.25) is 0 Å². The molecule has 47 heavy (non-hydrogen) atoms. The Balaban J connectivity index is -0.000000350. The van der Waals surface area contributed by atoms with Crippen molar-refractivity contribution in [2.24, 2.45) is 0 Å². The van der Waals surface area contributed by atoms with Crippen LogP contribution in [0.3, 0.4) is 0 Å². The normalized spacial score (nSPS) is 14.2. The lowest BCUT2D eigenvalue weighted by Crippen LogP contribution is -2.41. The van der Waals surface area contributed by atoms with E-state index in [-0.39, 0.29) is 13.5 Å². The van der Waals surface area contributed by atoms with Gasteiger partial charge in [0.1, 0.15) is 0 Å². The molecule has 0 saturated carbocycles. The molecule has 0 rings (SSSR count). The summed E-state index contributed by atoms with van der Waals surface area (Å²) in [6, 6.07) is 4.85. The minimum Gasteiger partial charge on any atom is -0.421 e. The van der Waals surface area contributed by atoms with Gasteiger partial charge >= 0.3 is 0 Å². The average molecular weight is 762 g/mol. The van der Waals surface area contributed by atoms with Crippen LogP contribution in [0.1, 0.15) is 67.7 Å². The van der Waals surface area contributed by atoms with Crippen LogP contribution in [-0.4, -0.2) is 111 Å². The van der Waals surface area contributed by atoms with Gasteiger partial charge in [-0.05, 0) is 97.4 Å². The summed E-state index contributed by atoms with van der Waals surface area (Å²) in [4.78, 5) is 0. The summed E-state index contributed by atoms with van der Waals surface area (Å²) in [6.07, 6.45) is 5.80. The molecule has 0 aliphatic carbocycles. The van der Waals surface area contributed by atoms with Crippen molar-refractivity contribution >= 4 is 41.1 Å². The Kier molecular flexibility index (Phi) is 35.3. The zero-order valence-corrected chi connectivity index (χ0v) is 39.0. The largest absolute Gasteiger partial charge is 0.421 e. The van der Waals surface area contributed by atoms with Gasteiger partial charge < -0.3 is 32.6 Å². The first-order chi connectivity index (χ1) is 21.1. The van der Waals surface area contributed by atoms with Crippen molar-refractivity contribution in [2.75, 3.05) is 58.7 Å². The van der Waals surface area contributed by atoms with Gasteiger partial charge in [0.15, 0.2) is 25.0 Å².